The summed E-state index contributed by atoms with van der Waals surface area (Å²) in [5, 5.41) is 0.965. The zero-order valence-corrected chi connectivity index (χ0v) is 19.7. The van der Waals surface area contributed by atoms with E-state index in [1.54, 1.807) is 7.11 Å². The highest BCUT2D eigenvalue weighted by molar-refractivity contribution is 6.00. The zero-order valence-electron chi connectivity index (χ0n) is 19.7. The fourth-order valence-electron chi connectivity index (χ4n) is 4.81. The topological polar surface area (TPSA) is 39.0 Å². The molecule has 2 heterocycles. The first-order valence-corrected chi connectivity index (χ1v) is 11.5. The van der Waals surface area contributed by atoms with Crippen LogP contribution in [0, 0.1) is 6.57 Å². The summed E-state index contributed by atoms with van der Waals surface area (Å²) in [6, 6.07) is 22.3. The van der Waals surface area contributed by atoms with Gasteiger partial charge in [0.25, 0.3) is 0 Å². The molecule has 0 aliphatic carbocycles. The van der Waals surface area contributed by atoms with Gasteiger partial charge in [-0.3, -0.25) is 4.98 Å². The Morgan fingerprint density at radius 1 is 0.912 bits per heavy atom. The lowest BCUT2D eigenvalue weighted by molar-refractivity contribution is -0.00521. The second-order valence-electron chi connectivity index (χ2n) is 8.77. The van der Waals surface area contributed by atoms with Crippen molar-refractivity contribution in [3.8, 4) is 28.0 Å². The SMILES string of the molecule is [C-]#[N+]c1ccc(-c2cccc3c(OC)c(-c4ccc(N5C[C@@H](C)O[C@H](C)C5)cc4)cnc23)cc1. The van der Waals surface area contributed by atoms with E-state index in [0.717, 1.165) is 52.0 Å². The Morgan fingerprint density at radius 3 is 2.21 bits per heavy atom. The molecule has 3 aromatic carbocycles. The summed E-state index contributed by atoms with van der Waals surface area (Å²) >= 11 is 0. The maximum absolute atomic E-state index is 7.19. The van der Waals surface area contributed by atoms with Crippen molar-refractivity contribution in [1.29, 1.82) is 0 Å². The van der Waals surface area contributed by atoms with E-state index in [1.807, 2.05) is 42.6 Å². The number of morpholine rings is 1. The molecule has 0 bridgehead atoms. The molecule has 1 aliphatic heterocycles. The van der Waals surface area contributed by atoms with Crippen LogP contribution >= 0.6 is 0 Å². The monoisotopic (exact) mass is 449 g/mol. The van der Waals surface area contributed by atoms with Gasteiger partial charge in [0.05, 0.1) is 31.4 Å². The Kier molecular flexibility index (Phi) is 5.91. The molecule has 5 heteroatoms. The normalized spacial score (nSPS) is 18.0. The van der Waals surface area contributed by atoms with Gasteiger partial charge in [-0.2, -0.15) is 0 Å². The number of pyridine rings is 1. The number of ether oxygens (including phenoxy) is 2. The smallest absolute Gasteiger partial charge is 0.187 e. The summed E-state index contributed by atoms with van der Waals surface area (Å²) in [7, 11) is 1.71. The summed E-state index contributed by atoms with van der Waals surface area (Å²) in [6.45, 7) is 13.2. The minimum atomic E-state index is 0.222. The van der Waals surface area contributed by atoms with Crippen LogP contribution in [0.25, 0.3) is 38.0 Å². The van der Waals surface area contributed by atoms with Gasteiger partial charge in [-0.25, -0.2) is 4.85 Å². The van der Waals surface area contributed by atoms with Crippen LogP contribution in [-0.4, -0.2) is 37.4 Å². The van der Waals surface area contributed by atoms with E-state index >= 15 is 0 Å². The number of rotatable bonds is 4. The maximum Gasteiger partial charge on any atom is 0.187 e. The molecule has 1 fully saturated rings. The summed E-state index contributed by atoms with van der Waals surface area (Å²) in [5.41, 5.74) is 6.78. The molecule has 0 saturated carbocycles. The summed E-state index contributed by atoms with van der Waals surface area (Å²) in [6.07, 6.45) is 2.34. The minimum absolute atomic E-state index is 0.222. The summed E-state index contributed by atoms with van der Waals surface area (Å²) < 4.78 is 11.8. The van der Waals surface area contributed by atoms with E-state index in [-0.39, 0.29) is 12.2 Å². The number of nitrogens with zero attached hydrogens (tertiary/aromatic N) is 3. The van der Waals surface area contributed by atoms with Gasteiger partial charge >= 0.3 is 0 Å². The summed E-state index contributed by atoms with van der Waals surface area (Å²) in [5.74, 6) is 0.811. The number of benzene rings is 3. The molecule has 4 aromatic rings. The first-order chi connectivity index (χ1) is 16.6. The first kappa shape index (κ1) is 21.9. The molecule has 2 atom stereocenters. The molecule has 34 heavy (non-hydrogen) atoms. The number of anilines is 1. The number of para-hydroxylation sites is 1. The zero-order chi connectivity index (χ0) is 23.7. The second kappa shape index (κ2) is 9.17. The van der Waals surface area contributed by atoms with Crippen LogP contribution in [0.1, 0.15) is 13.8 Å². The Balaban J connectivity index is 1.52. The van der Waals surface area contributed by atoms with Crippen LogP contribution in [0.15, 0.2) is 72.9 Å². The molecule has 1 aromatic heterocycles. The van der Waals surface area contributed by atoms with E-state index in [9.17, 15) is 0 Å². The minimum Gasteiger partial charge on any atom is -0.495 e. The lowest BCUT2D eigenvalue weighted by atomic mass is 9.98. The van der Waals surface area contributed by atoms with Gasteiger partial charge < -0.3 is 14.4 Å². The van der Waals surface area contributed by atoms with E-state index in [2.05, 4.69) is 53.9 Å². The van der Waals surface area contributed by atoms with E-state index in [1.165, 1.54) is 5.69 Å². The van der Waals surface area contributed by atoms with Gasteiger partial charge in [0.1, 0.15) is 5.75 Å². The van der Waals surface area contributed by atoms with Crippen LogP contribution in [0.5, 0.6) is 5.75 Å². The van der Waals surface area contributed by atoms with Gasteiger partial charge in [-0.1, -0.05) is 48.5 Å². The van der Waals surface area contributed by atoms with E-state index in [0.29, 0.717) is 5.69 Å². The molecule has 5 rings (SSSR count). The van der Waals surface area contributed by atoms with Crippen LogP contribution in [0.4, 0.5) is 11.4 Å². The molecular formula is C29H27N3O2. The van der Waals surface area contributed by atoms with Gasteiger partial charge in [-0.05, 0) is 43.2 Å². The fraction of sp³-hybridized carbons (Fsp3) is 0.241. The predicted molar refractivity (Wildman–Crippen MR) is 138 cm³/mol. The van der Waals surface area contributed by atoms with Crippen molar-refractivity contribution in [3.63, 3.8) is 0 Å². The van der Waals surface area contributed by atoms with Crippen LogP contribution < -0.4 is 9.64 Å². The number of fused-ring (bicyclic) bond motifs is 1. The van der Waals surface area contributed by atoms with Gasteiger partial charge in [-0.15, -0.1) is 0 Å². The number of methoxy groups -OCH3 is 1. The van der Waals surface area contributed by atoms with Crippen molar-refractivity contribution in [2.45, 2.75) is 26.1 Å². The van der Waals surface area contributed by atoms with Crippen molar-refractivity contribution in [2.24, 2.45) is 0 Å². The number of hydrogen-bond donors (Lipinski definition) is 0. The first-order valence-electron chi connectivity index (χ1n) is 11.5. The highest BCUT2D eigenvalue weighted by atomic mass is 16.5. The molecule has 0 unspecified atom stereocenters. The van der Waals surface area contributed by atoms with E-state index < -0.39 is 0 Å². The largest absolute Gasteiger partial charge is 0.495 e. The van der Waals surface area contributed by atoms with Crippen molar-refractivity contribution >= 4 is 22.3 Å². The third-order valence-electron chi connectivity index (χ3n) is 6.32. The van der Waals surface area contributed by atoms with Gasteiger partial charge in [0.15, 0.2) is 5.69 Å². The molecule has 1 aliphatic rings. The molecular weight excluding hydrogens is 422 g/mol. The Hall–Kier alpha value is -3.88. The maximum atomic E-state index is 7.19. The molecule has 0 spiro atoms. The molecule has 0 amide bonds. The Morgan fingerprint density at radius 2 is 1.56 bits per heavy atom. The van der Waals surface area contributed by atoms with Gasteiger partial charge in [0.2, 0.25) is 0 Å². The lowest BCUT2D eigenvalue weighted by Crippen LogP contribution is -2.45. The van der Waals surface area contributed by atoms with Crippen molar-refractivity contribution < 1.29 is 9.47 Å². The second-order valence-corrected chi connectivity index (χ2v) is 8.77. The molecule has 1 saturated heterocycles. The van der Waals surface area contributed by atoms with Crippen molar-refractivity contribution in [2.75, 3.05) is 25.1 Å². The quantitative estimate of drug-likeness (QED) is 0.323. The molecule has 0 radical (unpaired) electrons. The highest BCUT2D eigenvalue weighted by Crippen LogP contribution is 2.39. The average molecular weight is 450 g/mol. The van der Waals surface area contributed by atoms with Gasteiger partial charge in [0, 0.05) is 41.5 Å². The van der Waals surface area contributed by atoms with Crippen LogP contribution in [0.2, 0.25) is 0 Å². The Bertz CT molecular complexity index is 1350. The highest BCUT2D eigenvalue weighted by Gasteiger charge is 2.22. The lowest BCUT2D eigenvalue weighted by Gasteiger charge is -2.36. The summed E-state index contributed by atoms with van der Waals surface area (Å²) in [4.78, 5) is 10.7. The van der Waals surface area contributed by atoms with Crippen LogP contribution in [-0.2, 0) is 4.74 Å². The van der Waals surface area contributed by atoms with Crippen LogP contribution in [0.3, 0.4) is 0 Å². The molecule has 0 N–H and O–H groups in total. The fourth-order valence-corrected chi connectivity index (χ4v) is 4.81. The molecule has 5 nitrogen and oxygen atoms in total. The third kappa shape index (κ3) is 4.09. The standard InChI is InChI=1S/C29H27N3O2/c1-19-17-32(18-20(2)34-19)24-14-10-22(11-15-24)27-16-31-28-25(6-5-7-26(28)29(27)33-4)21-8-12-23(30-3)13-9-21/h5-16,19-20H,17-18H2,1-2,4H3/t19-,20-/m1/s1. The van der Waals surface area contributed by atoms with E-state index in [4.69, 9.17) is 21.0 Å². The van der Waals surface area contributed by atoms with Crippen molar-refractivity contribution in [1.82, 2.24) is 4.98 Å². The average Bonchev–Trinajstić information content (AvgIpc) is 2.87. The van der Waals surface area contributed by atoms with Crippen molar-refractivity contribution in [3.05, 3.63) is 84.3 Å². The third-order valence-corrected chi connectivity index (χ3v) is 6.32. The Labute approximate surface area is 200 Å². The number of aromatic nitrogens is 1. The molecule has 170 valence electrons. The predicted octanol–water partition coefficient (Wildman–Crippen LogP) is 6.74. The number of hydrogen-bond acceptors (Lipinski definition) is 4.